The van der Waals surface area contributed by atoms with Crippen LogP contribution in [0.1, 0.15) is 90.0 Å². The average molecular weight is 568 g/mol. The van der Waals surface area contributed by atoms with E-state index in [1.165, 1.54) is 0 Å². The van der Waals surface area contributed by atoms with Gasteiger partial charge < -0.3 is 25.0 Å². The van der Waals surface area contributed by atoms with Crippen molar-refractivity contribution in [2.75, 3.05) is 19.0 Å². The molecule has 0 aliphatic rings. The number of unbranched alkanes of at least 4 members (excludes halogenated alkanes) is 2. The summed E-state index contributed by atoms with van der Waals surface area (Å²) in [5.74, 6) is -0.140. The largest absolute Gasteiger partial charge is 0.497 e. The molecule has 2 rings (SSSR count). The van der Waals surface area contributed by atoms with Gasteiger partial charge in [0.15, 0.2) is 0 Å². The first kappa shape index (κ1) is 33.7. The predicted molar refractivity (Wildman–Crippen MR) is 164 cm³/mol. The molecule has 0 spiro atoms. The number of aryl methyl sites for hydroxylation is 2. The second kappa shape index (κ2) is 15.5. The van der Waals surface area contributed by atoms with E-state index in [4.69, 9.17) is 9.47 Å². The first-order chi connectivity index (χ1) is 19.3. The van der Waals surface area contributed by atoms with Gasteiger partial charge in [0.2, 0.25) is 5.91 Å². The summed E-state index contributed by atoms with van der Waals surface area (Å²) >= 11 is 0. The van der Waals surface area contributed by atoms with Gasteiger partial charge in [0.25, 0.3) is 5.91 Å². The van der Waals surface area contributed by atoms with Crippen molar-refractivity contribution in [3.63, 3.8) is 0 Å². The van der Waals surface area contributed by atoms with E-state index in [-0.39, 0.29) is 17.7 Å². The molecule has 2 aromatic rings. The van der Waals surface area contributed by atoms with Gasteiger partial charge in [0, 0.05) is 12.2 Å². The van der Waals surface area contributed by atoms with Gasteiger partial charge in [0.05, 0.1) is 7.11 Å². The maximum absolute atomic E-state index is 14.5. The SMILES string of the molecule is CCCCCN(C(=O)C(NC(=O)OC(C)(C)C)C(C)CC)C(C(=O)Nc1ccc(OC)cc1)c1c(C)cccc1C. The Morgan fingerprint density at radius 1 is 0.951 bits per heavy atom. The third-order valence-corrected chi connectivity index (χ3v) is 7.17. The quantitative estimate of drug-likeness (QED) is 0.255. The van der Waals surface area contributed by atoms with Crippen LogP contribution in [0.2, 0.25) is 0 Å². The zero-order valence-electron chi connectivity index (χ0n) is 26.3. The Labute approximate surface area is 246 Å². The van der Waals surface area contributed by atoms with Crippen molar-refractivity contribution >= 4 is 23.6 Å². The van der Waals surface area contributed by atoms with Crippen LogP contribution in [0.15, 0.2) is 42.5 Å². The number of nitrogens with zero attached hydrogens (tertiary/aromatic N) is 1. The van der Waals surface area contributed by atoms with Crippen LogP contribution >= 0.6 is 0 Å². The third-order valence-electron chi connectivity index (χ3n) is 7.17. The summed E-state index contributed by atoms with van der Waals surface area (Å²) in [6, 6.07) is 11.2. The fourth-order valence-electron chi connectivity index (χ4n) is 4.77. The molecule has 2 aromatic carbocycles. The number of hydrogen-bond acceptors (Lipinski definition) is 5. The number of carbonyl (C=O) groups is 3. The number of methoxy groups -OCH3 is 1. The van der Waals surface area contributed by atoms with Crippen molar-refractivity contribution in [3.8, 4) is 5.75 Å². The molecule has 0 saturated heterocycles. The molecule has 3 amide bonds. The molecular weight excluding hydrogens is 518 g/mol. The number of rotatable bonds is 13. The van der Waals surface area contributed by atoms with Gasteiger partial charge in [0.1, 0.15) is 23.4 Å². The molecule has 3 unspecified atom stereocenters. The van der Waals surface area contributed by atoms with E-state index >= 15 is 0 Å². The van der Waals surface area contributed by atoms with E-state index in [0.717, 1.165) is 36.0 Å². The number of benzene rings is 2. The highest BCUT2D eigenvalue weighted by atomic mass is 16.6. The van der Waals surface area contributed by atoms with Crippen molar-refractivity contribution in [3.05, 3.63) is 59.2 Å². The fraction of sp³-hybridized carbons (Fsp3) is 0.545. The molecule has 8 nitrogen and oxygen atoms in total. The lowest BCUT2D eigenvalue weighted by atomic mass is 9.91. The maximum Gasteiger partial charge on any atom is 0.408 e. The van der Waals surface area contributed by atoms with Gasteiger partial charge in [-0.3, -0.25) is 9.59 Å². The number of carbonyl (C=O) groups excluding carboxylic acids is 3. The summed E-state index contributed by atoms with van der Waals surface area (Å²) in [5.41, 5.74) is 2.48. The minimum Gasteiger partial charge on any atom is -0.497 e. The standard InChI is InChI=1S/C33H49N3O5/c1-10-12-13-21-36(31(38)28(22(3)11-2)35-32(39)41-33(6,7)8)29(27-23(4)15-14-16-24(27)5)30(37)34-25-17-19-26(40-9)20-18-25/h14-20,22,28-29H,10-13,21H2,1-9H3,(H,34,37)(H,35,39). The van der Waals surface area contributed by atoms with E-state index in [1.54, 1.807) is 57.0 Å². The number of alkyl carbamates (subject to hydrolysis) is 1. The summed E-state index contributed by atoms with van der Waals surface area (Å²) < 4.78 is 10.8. The third kappa shape index (κ3) is 9.80. The van der Waals surface area contributed by atoms with Crippen LogP contribution in [-0.4, -0.2) is 48.1 Å². The van der Waals surface area contributed by atoms with Gasteiger partial charge in [-0.15, -0.1) is 0 Å². The Kier molecular flexibility index (Phi) is 12.7. The summed E-state index contributed by atoms with van der Waals surface area (Å²) in [6.07, 6.45) is 2.58. The van der Waals surface area contributed by atoms with Crippen LogP contribution < -0.4 is 15.4 Å². The highest BCUT2D eigenvalue weighted by Crippen LogP contribution is 2.31. The van der Waals surface area contributed by atoms with E-state index in [9.17, 15) is 14.4 Å². The van der Waals surface area contributed by atoms with Crippen LogP contribution in [0.5, 0.6) is 5.75 Å². The molecule has 0 bridgehead atoms. The molecule has 0 aromatic heterocycles. The predicted octanol–water partition coefficient (Wildman–Crippen LogP) is 6.95. The summed E-state index contributed by atoms with van der Waals surface area (Å²) in [5, 5.41) is 5.86. The lowest BCUT2D eigenvalue weighted by Gasteiger charge is -2.37. The van der Waals surface area contributed by atoms with Crippen LogP contribution in [0.3, 0.4) is 0 Å². The molecule has 2 N–H and O–H groups in total. The van der Waals surface area contributed by atoms with E-state index in [2.05, 4.69) is 17.6 Å². The van der Waals surface area contributed by atoms with E-state index < -0.39 is 23.8 Å². The summed E-state index contributed by atoms with van der Waals surface area (Å²) in [6.45, 7) is 15.6. The second-order valence-electron chi connectivity index (χ2n) is 11.7. The van der Waals surface area contributed by atoms with E-state index in [1.807, 2.05) is 45.9 Å². The molecule has 0 saturated carbocycles. The number of nitrogens with one attached hydrogen (secondary N) is 2. The first-order valence-electron chi connectivity index (χ1n) is 14.6. The minimum absolute atomic E-state index is 0.188. The molecule has 8 heteroatoms. The lowest BCUT2D eigenvalue weighted by molar-refractivity contribution is -0.142. The monoisotopic (exact) mass is 567 g/mol. The lowest BCUT2D eigenvalue weighted by Crippen LogP contribution is -2.55. The first-order valence-corrected chi connectivity index (χ1v) is 14.6. The van der Waals surface area contributed by atoms with Gasteiger partial charge in [-0.05, 0) is 87.9 Å². The molecule has 0 aliphatic heterocycles. The van der Waals surface area contributed by atoms with Gasteiger partial charge in [-0.1, -0.05) is 58.2 Å². The zero-order valence-corrected chi connectivity index (χ0v) is 26.3. The highest BCUT2D eigenvalue weighted by Gasteiger charge is 2.39. The maximum atomic E-state index is 14.5. The summed E-state index contributed by atoms with van der Waals surface area (Å²) in [7, 11) is 1.59. The summed E-state index contributed by atoms with van der Waals surface area (Å²) in [4.78, 5) is 43.2. The molecule has 41 heavy (non-hydrogen) atoms. The van der Waals surface area contributed by atoms with Crippen LogP contribution in [0.25, 0.3) is 0 Å². The van der Waals surface area contributed by atoms with Crippen molar-refractivity contribution in [2.45, 2.75) is 98.8 Å². The zero-order chi connectivity index (χ0) is 30.7. The molecule has 3 atom stereocenters. The molecular formula is C33H49N3O5. The Bertz CT molecular complexity index is 1140. The van der Waals surface area contributed by atoms with Crippen molar-refractivity contribution in [1.82, 2.24) is 10.2 Å². The average Bonchev–Trinajstić information content (AvgIpc) is 2.91. The molecule has 0 aliphatic carbocycles. The molecule has 226 valence electrons. The van der Waals surface area contributed by atoms with Gasteiger partial charge in [-0.25, -0.2) is 4.79 Å². The van der Waals surface area contributed by atoms with Crippen LogP contribution in [-0.2, 0) is 14.3 Å². The van der Waals surface area contributed by atoms with Crippen LogP contribution in [0.4, 0.5) is 10.5 Å². The Morgan fingerprint density at radius 2 is 1.56 bits per heavy atom. The van der Waals surface area contributed by atoms with Gasteiger partial charge >= 0.3 is 6.09 Å². The van der Waals surface area contributed by atoms with Gasteiger partial charge in [-0.2, -0.15) is 0 Å². The molecule has 0 fully saturated rings. The number of amides is 3. The smallest absolute Gasteiger partial charge is 0.408 e. The molecule has 0 radical (unpaired) electrons. The number of hydrogen-bond donors (Lipinski definition) is 2. The minimum atomic E-state index is -0.908. The normalized spacial score (nSPS) is 13.5. The highest BCUT2D eigenvalue weighted by molar-refractivity contribution is 5.99. The topological polar surface area (TPSA) is 97.0 Å². The fourth-order valence-corrected chi connectivity index (χ4v) is 4.77. The molecule has 0 heterocycles. The second-order valence-corrected chi connectivity index (χ2v) is 11.7. The Hall–Kier alpha value is -3.55. The Morgan fingerprint density at radius 3 is 2.07 bits per heavy atom. The Balaban J connectivity index is 2.61. The van der Waals surface area contributed by atoms with Crippen molar-refractivity contribution in [1.29, 1.82) is 0 Å². The van der Waals surface area contributed by atoms with Crippen LogP contribution in [0, 0.1) is 19.8 Å². The van der Waals surface area contributed by atoms with E-state index in [0.29, 0.717) is 24.4 Å². The van der Waals surface area contributed by atoms with Crippen molar-refractivity contribution < 1.29 is 23.9 Å². The van der Waals surface area contributed by atoms with Crippen molar-refractivity contribution in [2.24, 2.45) is 5.92 Å². The number of ether oxygens (including phenoxy) is 2. The number of anilines is 1.